The topological polar surface area (TPSA) is 93.8 Å². The third-order valence-electron chi connectivity index (χ3n) is 8.15. The first-order chi connectivity index (χ1) is 22.6. The molecule has 0 N–H and O–H groups in total. The van der Waals surface area contributed by atoms with Gasteiger partial charge >= 0.3 is 0 Å². The van der Waals surface area contributed by atoms with Crippen molar-refractivity contribution in [1.29, 1.82) is 5.26 Å². The molecule has 1 saturated heterocycles. The van der Waals surface area contributed by atoms with Gasteiger partial charge in [-0.3, -0.25) is 4.79 Å². The van der Waals surface area contributed by atoms with Gasteiger partial charge in [0.2, 0.25) is 5.91 Å². The number of aliphatic imine (C=N–C) groups is 1. The third-order valence-corrected chi connectivity index (χ3v) is 11.7. The van der Waals surface area contributed by atoms with E-state index in [0.29, 0.717) is 22.7 Å². The number of carbonyl (C=O) groups excluding carboxylic acids is 1. The number of halogens is 1. The average Bonchev–Trinajstić information content (AvgIpc) is 3.50. The molecule has 1 fully saturated rings. The molecule has 0 unspecified atom stereocenters. The van der Waals surface area contributed by atoms with Crippen molar-refractivity contribution in [3.8, 4) is 6.07 Å². The fourth-order valence-corrected chi connectivity index (χ4v) is 9.15. The number of thiophene rings is 1. The van der Waals surface area contributed by atoms with Gasteiger partial charge in [0.05, 0.1) is 23.5 Å². The molecule has 0 bridgehead atoms. The highest BCUT2D eigenvalue weighted by Gasteiger charge is 2.39. The van der Waals surface area contributed by atoms with Crippen molar-refractivity contribution in [2.45, 2.75) is 37.1 Å². The van der Waals surface area contributed by atoms with Crippen LogP contribution in [0.15, 0.2) is 112 Å². The van der Waals surface area contributed by atoms with Gasteiger partial charge in [0.15, 0.2) is 0 Å². The Kier molecular flexibility index (Phi) is 9.57. The van der Waals surface area contributed by atoms with Crippen molar-refractivity contribution >= 4 is 60.4 Å². The van der Waals surface area contributed by atoms with Crippen LogP contribution in [-0.2, 0) is 21.4 Å². The Balaban J connectivity index is 1.31. The summed E-state index contributed by atoms with van der Waals surface area (Å²) in [5, 5.41) is 11.3. The number of benzene rings is 4. The SMILES string of the molecule is CC(C)C[C@H]1CN(S(=O)(=O)c2cc3ccc(Cl)cc3s2)CC(=O)N1Cc1ccc(C#N)c(N=C(c2ccccc2)c2ccccc2)c1. The lowest BCUT2D eigenvalue weighted by atomic mass is 9.99. The van der Waals surface area contributed by atoms with Gasteiger partial charge in [0.1, 0.15) is 10.3 Å². The van der Waals surface area contributed by atoms with Crippen molar-refractivity contribution in [2.75, 3.05) is 13.1 Å². The van der Waals surface area contributed by atoms with Crippen LogP contribution in [0.3, 0.4) is 0 Å². The van der Waals surface area contributed by atoms with Gasteiger partial charge < -0.3 is 4.90 Å². The number of fused-ring (bicyclic) bond motifs is 1. The molecular formula is C37H33ClN4O3S2. The van der Waals surface area contributed by atoms with Crippen LogP contribution in [0.5, 0.6) is 0 Å². The predicted molar refractivity (Wildman–Crippen MR) is 189 cm³/mol. The van der Waals surface area contributed by atoms with Crippen LogP contribution in [0, 0.1) is 17.2 Å². The van der Waals surface area contributed by atoms with E-state index >= 15 is 0 Å². The zero-order valence-electron chi connectivity index (χ0n) is 26.0. The summed E-state index contributed by atoms with van der Waals surface area (Å²) < 4.78 is 29.9. The fraction of sp³-hybridized carbons (Fsp3) is 0.216. The molecule has 2 heterocycles. The molecule has 6 rings (SSSR count). The normalized spacial score (nSPS) is 15.6. The molecule has 1 atom stereocenters. The van der Waals surface area contributed by atoms with Crippen molar-refractivity contribution in [2.24, 2.45) is 10.9 Å². The molecule has 4 aromatic carbocycles. The minimum Gasteiger partial charge on any atom is -0.333 e. The van der Waals surface area contributed by atoms with Crippen LogP contribution in [0.25, 0.3) is 10.1 Å². The average molecular weight is 681 g/mol. The molecule has 1 aliphatic heterocycles. The van der Waals surface area contributed by atoms with Gasteiger partial charge in [0.25, 0.3) is 10.0 Å². The Labute approximate surface area is 284 Å². The molecule has 47 heavy (non-hydrogen) atoms. The van der Waals surface area contributed by atoms with E-state index in [9.17, 15) is 18.5 Å². The highest BCUT2D eigenvalue weighted by atomic mass is 35.5. The Morgan fingerprint density at radius 1 is 0.979 bits per heavy atom. The van der Waals surface area contributed by atoms with Crippen molar-refractivity contribution in [1.82, 2.24) is 9.21 Å². The van der Waals surface area contributed by atoms with Gasteiger partial charge in [0, 0.05) is 40.0 Å². The zero-order valence-corrected chi connectivity index (χ0v) is 28.4. The summed E-state index contributed by atoms with van der Waals surface area (Å²) >= 11 is 7.30. The third kappa shape index (κ3) is 7.16. The quantitative estimate of drug-likeness (QED) is 0.147. The minimum atomic E-state index is -3.91. The standard InChI is InChI=1S/C37H33ClN4O3S2/c1-25(2)17-32-23-41(47(44,45)36-19-29-15-16-31(38)20-34(29)46-36)24-35(43)42(32)22-26-13-14-30(21-39)33(18-26)40-37(27-9-5-3-6-10-27)28-11-7-4-8-12-28/h3-16,18-20,25,32H,17,22-24H2,1-2H3/t32-/m0/s1. The highest BCUT2D eigenvalue weighted by molar-refractivity contribution is 7.91. The Hall–Kier alpha value is -4.33. The van der Waals surface area contributed by atoms with Crippen molar-refractivity contribution in [3.63, 3.8) is 0 Å². The lowest BCUT2D eigenvalue weighted by Crippen LogP contribution is -2.57. The van der Waals surface area contributed by atoms with E-state index in [1.165, 1.54) is 4.31 Å². The van der Waals surface area contributed by atoms with E-state index in [1.807, 2.05) is 72.8 Å². The van der Waals surface area contributed by atoms with Crippen molar-refractivity contribution < 1.29 is 13.2 Å². The summed E-state index contributed by atoms with van der Waals surface area (Å²) in [7, 11) is -3.91. The monoisotopic (exact) mass is 680 g/mol. The number of carbonyl (C=O) groups is 1. The number of nitrogens with zero attached hydrogens (tertiary/aromatic N) is 4. The Bertz CT molecular complexity index is 2060. The van der Waals surface area contributed by atoms with E-state index in [0.717, 1.165) is 43.8 Å². The van der Waals surface area contributed by atoms with E-state index < -0.39 is 10.0 Å². The molecule has 0 spiro atoms. The molecule has 5 aromatic rings. The van der Waals surface area contributed by atoms with Crippen LogP contribution < -0.4 is 0 Å². The van der Waals surface area contributed by atoms with Gasteiger partial charge in [-0.05, 0) is 53.6 Å². The number of amides is 1. The number of hydrogen-bond donors (Lipinski definition) is 0. The van der Waals surface area contributed by atoms with E-state index in [-0.39, 0.29) is 41.7 Å². The lowest BCUT2D eigenvalue weighted by molar-refractivity contribution is -0.138. The van der Waals surface area contributed by atoms with Gasteiger partial charge in [-0.1, -0.05) is 98.2 Å². The first-order valence-electron chi connectivity index (χ1n) is 15.3. The zero-order chi connectivity index (χ0) is 33.1. The molecule has 1 aromatic heterocycles. The molecule has 1 amide bonds. The summed E-state index contributed by atoms with van der Waals surface area (Å²) in [4.78, 5) is 20.6. The van der Waals surface area contributed by atoms with Crippen LogP contribution in [0.4, 0.5) is 5.69 Å². The summed E-state index contributed by atoms with van der Waals surface area (Å²) in [6.45, 7) is 4.34. The van der Waals surface area contributed by atoms with Crippen LogP contribution >= 0.6 is 22.9 Å². The predicted octanol–water partition coefficient (Wildman–Crippen LogP) is 8.04. The molecule has 0 aliphatic carbocycles. The van der Waals surface area contributed by atoms with Gasteiger partial charge in [-0.15, -0.1) is 11.3 Å². The lowest BCUT2D eigenvalue weighted by Gasteiger charge is -2.41. The smallest absolute Gasteiger partial charge is 0.253 e. The molecule has 7 nitrogen and oxygen atoms in total. The maximum atomic E-state index is 13.8. The maximum absolute atomic E-state index is 13.8. The second-order valence-electron chi connectivity index (χ2n) is 12.0. The summed E-state index contributed by atoms with van der Waals surface area (Å²) in [6.07, 6.45) is 0.632. The summed E-state index contributed by atoms with van der Waals surface area (Å²) in [5.74, 6) is -0.0387. The second-order valence-corrected chi connectivity index (χ2v) is 15.7. The van der Waals surface area contributed by atoms with E-state index in [4.69, 9.17) is 16.6 Å². The van der Waals surface area contributed by atoms with Gasteiger partial charge in [-0.25, -0.2) is 13.4 Å². The van der Waals surface area contributed by atoms with Crippen molar-refractivity contribution in [3.05, 3.63) is 130 Å². The van der Waals surface area contributed by atoms with E-state index in [1.54, 1.807) is 35.2 Å². The first-order valence-corrected chi connectivity index (χ1v) is 18.0. The summed E-state index contributed by atoms with van der Waals surface area (Å²) in [6, 6.07) is 33.9. The fourth-order valence-electron chi connectivity index (χ4n) is 5.89. The molecule has 238 valence electrons. The number of hydrogen-bond acceptors (Lipinski definition) is 6. The molecule has 0 radical (unpaired) electrons. The second kappa shape index (κ2) is 13.8. The van der Waals surface area contributed by atoms with E-state index in [2.05, 4.69) is 19.9 Å². The Morgan fingerprint density at radius 2 is 1.66 bits per heavy atom. The number of piperazine rings is 1. The minimum absolute atomic E-state index is 0.189. The highest BCUT2D eigenvalue weighted by Crippen LogP contribution is 2.34. The molecule has 0 saturated carbocycles. The molecule has 10 heteroatoms. The number of sulfonamides is 1. The number of rotatable bonds is 9. The van der Waals surface area contributed by atoms with Crippen LogP contribution in [0.2, 0.25) is 5.02 Å². The summed E-state index contributed by atoms with van der Waals surface area (Å²) in [5.41, 5.74) is 4.30. The van der Waals surface area contributed by atoms with Crippen LogP contribution in [0.1, 0.15) is 42.5 Å². The number of nitriles is 1. The Morgan fingerprint density at radius 3 is 2.30 bits per heavy atom. The largest absolute Gasteiger partial charge is 0.333 e. The first kappa shape index (κ1) is 32.6. The molecule has 1 aliphatic rings. The molecular weight excluding hydrogens is 648 g/mol. The maximum Gasteiger partial charge on any atom is 0.253 e. The van der Waals surface area contributed by atoms with Gasteiger partial charge in [-0.2, -0.15) is 9.57 Å². The van der Waals surface area contributed by atoms with Crippen LogP contribution in [-0.4, -0.2) is 48.4 Å².